The Hall–Kier alpha value is -1.65. The standard InChI is InChI=1S/C29H45N5O3S.2ClH/c1-5-33(6-2)38(36,37)27-14-12-26(13-15-27)34-23(4)28(22(3)31-34)21-32-18-16-25(17-19-32)30-29(35)20-24-10-8-7-9-11-24;;/h12-15,24-25H,5-11,16-21H2,1-4H3,(H,30,35);2*1H. The molecule has 1 aromatic carbocycles. The van der Waals surface area contributed by atoms with Crippen LogP contribution in [0.2, 0.25) is 0 Å². The van der Waals surface area contributed by atoms with Gasteiger partial charge in [0.25, 0.3) is 0 Å². The summed E-state index contributed by atoms with van der Waals surface area (Å²) in [4.78, 5) is 15.3. The maximum Gasteiger partial charge on any atom is 0.243 e. The zero-order valence-corrected chi connectivity index (χ0v) is 26.8. The number of piperidine rings is 1. The molecule has 0 spiro atoms. The molecule has 4 rings (SSSR count). The maximum absolute atomic E-state index is 12.8. The van der Waals surface area contributed by atoms with Crippen molar-refractivity contribution in [3.8, 4) is 5.69 Å². The van der Waals surface area contributed by atoms with Gasteiger partial charge in [-0.2, -0.15) is 9.40 Å². The van der Waals surface area contributed by atoms with Crippen molar-refractivity contribution in [3.63, 3.8) is 0 Å². The van der Waals surface area contributed by atoms with E-state index in [0.29, 0.717) is 30.3 Å². The van der Waals surface area contributed by atoms with Crippen LogP contribution >= 0.6 is 24.8 Å². The van der Waals surface area contributed by atoms with Crippen LogP contribution in [-0.2, 0) is 21.4 Å². The van der Waals surface area contributed by atoms with Crippen LogP contribution in [0.3, 0.4) is 0 Å². The average molecular weight is 617 g/mol. The molecule has 0 bridgehead atoms. The third-order valence-corrected chi connectivity index (χ3v) is 10.5. The van der Waals surface area contributed by atoms with Gasteiger partial charge in [-0.1, -0.05) is 33.1 Å². The van der Waals surface area contributed by atoms with E-state index in [0.717, 1.165) is 49.6 Å². The van der Waals surface area contributed by atoms with Crippen molar-refractivity contribution in [3.05, 3.63) is 41.2 Å². The fourth-order valence-electron chi connectivity index (χ4n) is 6.03. The van der Waals surface area contributed by atoms with Gasteiger partial charge in [0, 0.05) is 56.4 Å². The number of hydrogen-bond acceptors (Lipinski definition) is 5. The number of halogens is 2. The summed E-state index contributed by atoms with van der Waals surface area (Å²) in [6, 6.07) is 7.29. The van der Waals surface area contributed by atoms with Crippen LogP contribution in [0, 0.1) is 19.8 Å². The SMILES string of the molecule is CCN(CC)S(=O)(=O)c1ccc(-n2nc(C)c(CN3CCC(NC(=O)CC4CCCCC4)CC3)c2C)cc1.Cl.Cl. The second-order valence-electron chi connectivity index (χ2n) is 11.0. The molecule has 1 N–H and O–H groups in total. The lowest BCUT2D eigenvalue weighted by atomic mass is 9.86. The summed E-state index contributed by atoms with van der Waals surface area (Å²) in [6.45, 7) is 11.5. The molecule has 40 heavy (non-hydrogen) atoms. The molecule has 1 saturated heterocycles. The number of nitrogens with zero attached hydrogens (tertiary/aromatic N) is 4. The molecule has 1 saturated carbocycles. The summed E-state index contributed by atoms with van der Waals surface area (Å²) in [6.07, 6.45) is 8.93. The Morgan fingerprint density at radius 2 is 1.57 bits per heavy atom. The van der Waals surface area contributed by atoms with Crippen molar-refractivity contribution in [2.45, 2.75) is 96.5 Å². The highest BCUT2D eigenvalue weighted by Crippen LogP contribution is 2.27. The highest BCUT2D eigenvalue weighted by molar-refractivity contribution is 7.89. The van der Waals surface area contributed by atoms with Crippen LogP contribution in [0.1, 0.15) is 82.2 Å². The molecule has 1 aliphatic carbocycles. The Bertz CT molecular complexity index is 1180. The molecule has 8 nitrogen and oxygen atoms in total. The number of amides is 1. The van der Waals surface area contributed by atoms with E-state index >= 15 is 0 Å². The van der Waals surface area contributed by atoms with Crippen molar-refractivity contribution < 1.29 is 13.2 Å². The molecule has 2 fully saturated rings. The smallest absolute Gasteiger partial charge is 0.243 e. The molecule has 2 aromatic rings. The molecule has 1 aliphatic heterocycles. The van der Waals surface area contributed by atoms with Gasteiger partial charge in [0.15, 0.2) is 0 Å². The molecule has 2 aliphatic rings. The van der Waals surface area contributed by atoms with Gasteiger partial charge in [-0.3, -0.25) is 9.69 Å². The summed E-state index contributed by atoms with van der Waals surface area (Å²) in [5.41, 5.74) is 4.13. The van der Waals surface area contributed by atoms with E-state index in [1.165, 1.54) is 42.0 Å². The Morgan fingerprint density at radius 3 is 2.15 bits per heavy atom. The molecule has 0 radical (unpaired) electrons. The Balaban J connectivity index is 0.00000280. The van der Waals surface area contributed by atoms with Gasteiger partial charge < -0.3 is 5.32 Å². The van der Waals surface area contributed by atoms with Crippen molar-refractivity contribution in [1.29, 1.82) is 0 Å². The number of aryl methyl sites for hydroxylation is 1. The van der Waals surface area contributed by atoms with Crippen LogP contribution in [-0.4, -0.2) is 65.5 Å². The van der Waals surface area contributed by atoms with Crippen LogP contribution in [0.25, 0.3) is 5.69 Å². The topological polar surface area (TPSA) is 87.5 Å². The average Bonchev–Trinajstić information content (AvgIpc) is 3.19. The molecule has 11 heteroatoms. The van der Waals surface area contributed by atoms with Crippen molar-refractivity contribution in [2.24, 2.45) is 5.92 Å². The molecule has 0 atom stereocenters. The predicted molar refractivity (Wildman–Crippen MR) is 165 cm³/mol. The minimum Gasteiger partial charge on any atom is -0.353 e. The molecule has 226 valence electrons. The Morgan fingerprint density at radius 1 is 0.975 bits per heavy atom. The largest absolute Gasteiger partial charge is 0.353 e. The van der Waals surface area contributed by atoms with Gasteiger partial charge in [0.05, 0.1) is 16.3 Å². The molecule has 2 heterocycles. The first-order valence-electron chi connectivity index (χ1n) is 14.4. The summed E-state index contributed by atoms with van der Waals surface area (Å²) < 4.78 is 29.1. The second kappa shape index (κ2) is 15.5. The van der Waals surface area contributed by atoms with Crippen LogP contribution in [0.4, 0.5) is 0 Å². The minimum atomic E-state index is -3.48. The van der Waals surface area contributed by atoms with E-state index in [-0.39, 0.29) is 36.8 Å². The van der Waals surface area contributed by atoms with E-state index in [2.05, 4.69) is 17.1 Å². The van der Waals surface area contributed by atoms with Gasteiger partial charge in [0.2, 0.25) is 15.9 Å². The normalized spacial score (nSPS) is 17.3. The first kappa shape index (κ1) is 34.6. The lowest BCUT2D eigenvalue weighted by Gasteiger charge is -2.33. The van der Waals surface area contributed by atoms with Gasteiger partial charge in [-0.05, 0) is 69.7 Å². The van der Waals surface area contributed by atoms with Crippen LogP contribution < -0.4 is 5.32 Å². The number of nitrogens with one attached hydrogen (secondary N) is 1. The first-order valence-corrected chi connectivity index (χ1v) is 15.8. The van der Waals surface area contributed by atoms with Crippen molar-refractivity contribution >= 4 is 40.7 Å². The zero-order chi connectivity index (χ0) is 27.3. The van der Waals surface area contributed by atoms with Gasteiger partial charge in [-0.15, -0.1) is 24.8 Å². The van der Waals surface area contributed by atoms with Gasteiger partial charge in [0.1, 0.15) is 0 Å². The van der Waals surface area contributed by atoms with E-state index in [4.69, 9.17) is 5.10 Å². The fourth-order valence-corrected chi connectivity index (χ4v) is 7.48. The lowest BCUT2D eigenvalue weighted by Crippen LogP contribution is -2.44. The quantitative estimate of drug-likeness (QED) is 0.386. The summed E-state index contributed by atoms with van der Waals surface area (Å²) >= 11 is 0. The fraction of sp³-hybridized carbons (Fsp3) is 0.655. The predicted octanol–water partition coefficient (Wildman–Crippen LogP) is 5.41. The number of likely N-dealkylation sites (tertiary alicyclic amines) is 1. The van der Waals surface area contributed by atoms with Crippen LogP contribution in [0.15, 0.2) is 29.2 Å². The monoisotopic (exact) mass is 615 g/mol. The van der Waals surface area contributed by atoms with E-state index in [9.17, 15) is 13.2 Å². The minimum absolute atomic E-state index is 0. The number of hydrogen-bond donors (Lipinski definition) is 1. The third kappa shape index (κ3) is 8.22. The zero-order valence-electron chi connectivity index (χ0n) is 24.4. The highest BCUT2D eigenvalue weighted by atomic mass is 35.5. The number of sulfonamides is 1. The number of benzene rings is 1. The first-order chi connectivity index (χ1) is 18.2. The van der Waals surface area contributed by atoms with Gasteiger partial charge in [-0.25, -0.2) is 13.1 Å². The van der Waals surface area contributed by atoms with E-state index in [1.54, 1.807) is 12.1 Å². The summed E-state index contributed by atoms with van der Waals surface area (Å²) in [7, 11) is -3.48. The molecule has 1 amide bonds. The summed E-state index contributed by atoms with van der Waals surface area (Å²) in [5, 5.41) is 8.09. The second-order valence-corrected chi connectivity index (χ2v) is 12.9. The molecular formula is C29H47Cl2N5O3S. The highest BCUT2D eigenvalue weighted by Gasteiger charge is 2.25. The van der Waals surface area contributed by atoms with E-state index in [1.807, 2.05) is 37.6 Å². The van der Waals surface area contributed by atoms with Crippen molar-refractivity contribution in [2.75, 3.05) is 26.2 Å². The molecule has 1 aromatic heterocycles. The third-order valence-electron chi connectivity index (χ3n) is 8.40. The maximum atomic E-state index is 12.8. The van der Waals surface area contributed by atoms with Gasteiger partial charge >= 0.3 is 0 Å². The number of carbonyl (C=O) groups excluding carboxylic acids is 1. The summed E-state index contributed by atoms with van der Waals surface area (Å²) in [5.74, 6) is 0.813. The molecule has 0 unspecified atom stereocenters. The lowest BCUT2D eigenvalue weighted by molar-refractivity contribution is -0.123. The number of aromatic nitrogens is 2. The number of rotatable bonds is 10. The molecular weight excluding hydrogens is 569 g/mol. The van der Waals surface area contributed by atoms with E-state index < -0.39 is 10.0 Å². The Labute approximate surface area is 253 Å². The van der Waals surface area contributed by atoms with Crippen LogP contribution in [0.5, 0.6) is 0 Å². The van der Waals surface area contributed by atoms with Crippen molar-refractivity contribution in [1.82, 2.24) is 24.3 Å². The number of carbonyl (C=O) groups is 1. The Kier molecular flexibility index (Phi) is 13.4.